The summed E-state index contributed by atoms with van der Waals surface area (Å²) in [5.74, 6) is 4.87. The predicted octanol–water partition coefficient (Wildman–Crippen LogP) is 1.00. The van der Waals surface area contributed by atoms with Crippen molar-refractivity contribution in [2.75, 3.05) is 11.9 Å². The maximum Gasteiger partial charge on any atom is 0.339 e. The van der Waals surface area contributed by atoms with E-state index in [-0.39, 0.29) is 11.4 Å². The lowest BCUT2D eigenvalue weighted by Gasteiger charge is -2.04. The van der Waals surface area contributed by atoms with Gasteiger partial charge in [-0.05, 0) is 13.0 Å². The van der Waals surface area contributed by atoms with Gasteiger partial charge in [-0.2, -0.15) is 5.10 Å². The summed E-state index contributed by atoms with van der Waals surface area (Å²) in [6.45, 7) is 2.31. The highest BCUT2D eigenvalue weighted by Gasteiger charge is 2.09. The lowest BCUT2D eigenvalue weighted by Crippen LogP contribution is -2.09. The van der Waals surface area contributed by atoms with Gasteiger partial charge < -0.3 is 10.4 Å². The molecule has 78 valence electrons. The van der Waals surface area contributed by atoms with Crippen LogP contribution in [0.2, 0.25) is 0 Å². The minimum absolute atomic E-state index is 0.120. The van der Waals surface area contributed by atoms with E-state index < -0.39 is 5.97 Å². The number of aromatic nitrogens is 2. The Kier molecular flexibility index (Phi) is 4.10. The molecule has 1 heterocycles. The summed E-state index contributed by atoms with van der Waals surface area (Å²) in [6.07, 6.45) is 1.99. The largest absolute Gasteiger partial charge is 0.478 e. The van der Waals surface area contributed by atoms with Gasteiger partial charge >= 0.3 is 5.97 Å². The number of carbonyl (C=O) groups is 1. The fourth-order valence-corrected chi connectivity index (χ4v) is 1.00. The average molecular weight is 205 g/mol. The number of nitrogens with zero attached hydrogens (tertiary/aromatic N) is 2. The zero-order valence-electron chi connectivity index (χ0n) is 8.32. The van der Waals surface area contributed by atoms with Gasteiger partial charge in [0.2, 0.25) is 0 Å². The van der Waals surface area contributed by atoms with E-state index in [4.69, 9.17) is 5.11 Å². The molecule has 0 saturated carbocycles. The Morgan fingerprint density at radius 1 is 1.67 bits per heavy atom. The topological polar surface area (TPSA) is 75.1 Å². The first-order valence-corrected chi connectivity index (χ1v) is 4.44. The van der Waals surface area contributed by atoms with Crippen LogP contribution >= 0.6 is 0 Å². The number of carboxylic acids is 1. The van der Waals surface area contributed by atoms with Crippen molar-refractivity contribution < 1.29 is 9.90 Å². The minimum atomic E-state index is -1.02. The second-order valence-corrected chi connectivity index (χ2v) is 2.70. The highest BCUT2D eigenvalue weighted by molar-refractivity contribution is 5.92. The summed E-state index contributed by atoms with van der Waals surface area (Å²) in [5.41, 5.74) is 0.120. The zero-order chi connectivity index (χ0) is 11.1. The van der Waals surface area contributed by atoms with Crippen molar-refractivity contribution >= 4 is 11.8 Å². The molecular formula is C10H11N3O2. The summed E-state index contributed by atoms with van der Waals surface area (Å²) >= 11 is 0. The number of anilines is 1. The van der Waals surface area contributed by atoms with Gasteiger partial charge in [-0.25, -0.2) is 4.79 Å². The van der Waals surface area contributed by atoms with Crippen LogP contribution in [0.4, 0.5) is 5.82 Å². The zero-order valence-corrected chi connectivity index (χ0v) is 8.32. The lowest BCUT2D eigenvalue weighted by molar-refractivity contribution is 0.0697. The second-order valence-electron chi connectivity index (χ2n) is 2.70. The Balaban J connectivity index is 2.66. The first kappa shape index (κ1) is 11.0. The van der Waals surface area contributed by atoms with Gasteiger partial charge in [0.15, 0.2) is 5.82 Å². The molecule has 2 N–H and O–H groups in total. The van der Waals surface area contributed by atoms with Crippen LogP contribution in [0.15, 0.2) is 12.3 Å². The molecule has 0 aromatic carbocycles. The molecule has 5 nitrogen and oxygen atoms in total. The van der Waals surface area contributed by atoms with Gasteiger partial charge in [-0.3, -0.25) is 0 Å². The van der Waals surface area contributed by atoms with E-state index in [0.29, 0.717) is 13.0 Å². The normalized spacial score (nSPS) is 8.87. The SMILES string of the molecule is CC#CCCNc1nnccc1C(=O)O. The van der Waals surface area contributed by atoms with E-state index >= 15 is 0 Å². The number of carboxylic acid groups (broad SMARTS) is 1. The molecule has 1 aromatic rings. The molecule has 0 radical (unpaired) electrons. The van der Waals surface area contributed by atoms with Crippen LogP contribution in [0, 0.1) is 11.8 Å². The van der Waals surface area contributed by atoms with Crippen LogP contribution in [0.5, 0.6) is 0 Å². The molecule has 0 aliphatic heterocycles. The summed E-state index contributed by atoms with van der Waals surface area (Å²) in [7, 11) is 0. The molecule has 1 aromatic heterocycles. The van der Waals surface area contributed by atoms with E-state index in [1.54, 1.807) is 6.92 Å². The molecule has 0 aliphatic rings. The molecule has 15 heavy (non-hydrogen) atoms. The van der Waals surface area contributed by atoms with Gasteiger partial charge in [0, 0.05) is 13.0 Å². The lowest BCUT2D eigenvalue weighted by atomic mass is 10.3. The van der Waals surface area contributed by atoms with Crippen molar-refractivity contribution in [2.24, 2.45) is 0 Å². The molecule has 0 bridgehead atoms. The minimum Gasteiger partial charge on any atom is -0.478 e. The number of nitrogens with one attached hydrogen (secondary N) is 1. The molecule has 0 fully saturated rings. The van der Waals surface area contributed by atoms with Gasteiger partial charge in [-0.1, -0.05) is 0 Å². The quantitative estimate of drug-likeness (QED) is 0.566. The third kappa shape index (κ3) is 3.27. The third-order valence-electron chi connectivity index (χ3n) is 1.67. The fraction of sp³-hybridized carbons (Fsp3) is 0.300. The maximum atomic E-state index is 10.8. The van der Waals surface area contributed by atoms with Crippen LogP contribution in [0.25, 0.3) is 0 Å². The molecule has 0 unspecified atom stereocenters. The standard InChI is InChI=1S/C10H11N3O2/c1-2-3-4-6-11-9-8(10(14)15)5-7-12-13-9/h5,7H,4,6H2,1H3,(H,11,13)(H,14,15). The fourth-order valence-electron chi connectivity index (χ4n) is 1.00. The molecule has 0 aliphatic carbocycles. The Labute approximate surface area is 87.5 Å². The van der Waals surface area contributed by atoms with Gasteiger partial charge in [-0.15, -0.1) is 16.9 Å². The van der Waals surface area contributed by atoms with Crippen molar-refractivity contribution in [1.82, 2.24) is 10.2 Å². The van der Waals surface area contributed by atoms with E-state index in [2.05, 4.69) is 27.4 Å². The highest BCUT2D eigenvalue weighted by atomic mass is 16.4. The monoisotopic (exact) mass is 205 g/mol. The summed E-state index contributed by atoms with van der Waals surface area (Å²) in [4.78, 5) is 10.8. The Bertz CT molecular complexity index is 407. The summed E-state index contributed by atoms with van der Waals surface area (Å²) in [5, 5.41) is 19.0. The van der Waals surface area contributed by atoms with Crippen molar-refractivity contribution in [2.45, 2.75) is 13.3 Å². The third-order valence-corrected chi connectivity index (χ3v) is 1.67. The number of hydrogen-bond donors (Lipinski definition) is 2. The molecule has 0 amide bonds. The Morgan fingerprint density at radius 2 is 2.47 bits per heavy atom. The van der Waals surface area contributed by atoms with Crippen LogP contribution in [0.1, 0.15) is 23.7 Å². The second kappa shape index (κ2) is 5.60. The molecule has 0 atom stereocenters. The first-order valence-electron chi connectivity index (χ1n) is 4.44. The van der Waals surface area contributed by atoms with E-state index in [1.165, 1.54) is 12.3 Å². The van der Waals surface area contributed by atoms with Crippen LogP contribution in [-0.2, 0) is 0 Å². The van der Waals surface area contributed by atoms with Crippen LogP contribution in [-0.4, -0.2) is 27.8 Å². The van der Waals surface area contributed by atoms with Gasteiger partial charge in [0.05, 0.1) is 6.20 Å². The summed E-state index contributed by atoms with van der Waals surface area (Å²) in [6, 6.07) is 1.41. The number of rotatable bonds is 4. The van der Waals surface area contributed by atoms with E-state index in [0.717, 1.165) is 0 Å². The van der Waals surface area contributed by atoms with Gasteiger partial charge in [0.25, 0.3) is 0 Å². The molecule has 0 spiro atoms. The highest BCUT2D eigenvalue weighted by Crippen LogP contribution is 2.09. The molecule has 1 rings (SSSR count). The first-order chi connectivity index (χ1) is 7.25. The van der Waals surface area contributed by atoms with E-state index in [9.17, 15) is 4.79 Å². The molecule has 0 saturated heterocycles. The van der Waals surface area contributed by atoms with Gasteiger partial charge in [0.1, 0.15) is 5.56 Å². The van der Waals surface area contributed by atoms with Crippen LogP contribution < -0.4 is 5.32 Å². The average Bonchev–Trinajstić information content (AvgIpc) is 2.25. The predicted molar refractivity (Wildman–Crippen MR) is 55.5 cm³/mol. The molecule has 5 heteroatoms. The smallest absolute Gasteiger partial charge is 0.339 e. The Hall–Kier alpha value is -2.09. The Morgan fingerprint density at radius 3 is 3.13 bits per heavy atom. The van der Waals surface area contributed by atoms with Crippen molar-refractivity contribution in [3.8, 4) is 11.8 Å². The molecular weight excluding hydrogens is 194 g/mol. The number of aromatic carboxylic acids is 1. The van der Waals surface area contributed by atoms with Crippen molar-refractivity contribution in [3.05, 3.63) is 17.8 Å². The summed E-state index contributed by atoms with van der Waals surface area (Å²) < 4.78 is 0. The van der Waals surface area contributed by atoms with Crippen molar-refractivity contribution in [1.29, 1.82) is 0 Å². The van der Waals surface area contributed by atoms with Crippen LogP contribution in [0.3, 0.4) is 0 Å². The van der Waals surface area contributed by atoms with E-state index in [1.807, 2.05) is 0 Å². The maximum absolute atomic E-state index is 10.8. The van der Waals surface area contributed by atoms with Crippen molar-refractivity contribution in [3.63, 3.8) is 0 Å². The number of hydrogen-bond acceptors (Lipinski definition) is 4.